The van der Waals surface area contributed by atoms with Gasteiger partial charge in [0.25, 0.3) is 0 Å². The Bertz CT molecular complexity index is 1420. The molecule has 0 spiro atoms. The molecule has 6 rings (SSSR count). The second-order valence-corrected chi connectivity index (χ2v) is 13.5. The van der Waals surface area contributed by atoms with Crippen LogP contribution in [0.3, 0.4) is 0 Å². The van der Waals surface area contributed by atoms with Gasteiger partial charge in [-0.3, -0.25) is 4.90 Å². The Balaban J connectivity index is 1.13. The van der Waals surface area contributed by atoms with E-state index < -0.39 is 0 Å². The Morgan fingerprint density at radius 2 is 1.81 bits per heavy atom. The average Bonchev–Trinajstić information content (AvgIpc) is 3.76. The van der Waals surface area contributed by atoms with Gasteiger partial charge in [-0.15, -0.1) is 0 Å². The normalized spacial score (nSPS) is 24.4. The minimum Gasteiger partial charge on any atom is -0.465 e. The zero-order chi connectivity index (χ0) is 29.5. The molecule has 3 aliphatic rings. The fourth-order valence-electron chi connectivity index (χ4n) is 7.34. The van der Waals surface area contributed by atoms with Gasteiger partial charge in [0.1, 0.15) is 11.5 Å². The number of esters is 1. The summed E-state index contributed by atoms with van der Waals surface area (Å²) >= 11 is 0. The fraction of sp³-hybridized carbons (Fsp3) is 0.556. The van der Waals surface area contributed by atoms with Crippen molar-refractivity contribution in [3.05, 3.63) is 75.5 Å². The molecule has 0 atom stereocenters. The number of hydrogen-bond acceptors (Lipinski definition) is 6. The molecule has 2 aliphatic carbocycles. The maximum Gasteiger partial charge on any atom is 0.337 e. The minimum atomic E-state index is -0.262. The number of hydrogen-bond donors (Lipinski definition) is 0. The molecule has 6 heteroatoms. The van der Waals surface area contributed by atoms with Gasteiger partial charge in [0, 0.05) is 36.7 Å². The molecule has 2 saturated carbocycles. The lowest BCUT2D eigenvalue weighted by Crippen LogP contribution is -2.45. The number of nitrogens with zero attached hydrogens (tertiary/aromatic N) is 2. The molecule has 0 radical (unpaired) electrons. The van der Waals surface area contributed by atoms with Crippen LogP contribution >= 0.6 is 0 Å². The van der Waals surface area contributed by atoms with E-state index in [4.69, 9.17) is 14.0 Å². The molecule has 0 N–H and O–H groups in total. The SMILES string of the molecule is CCC1(OCc2c(-c3c(C)cccc3C)noc2C2CC2)CCC(C)(CN2CCc3ccc(C(=O)OC)cc3C2)CC1. The molecule has 0 bridgehead atoms. The van der Waals surface area contributed by atoms with Crippen LogP contribution in [0.4, 0.5) is 0 Å². The monoisotopic (exact) mass is 570 g/mol. The summed E-state index contributed by atoms with van der Waals surface area (Å²) in [6.45, 7) is 12.6. The van der Waals surface area contributed by atoms with E-state index in [0.29, 0.717) is 18.1 Å². The van der Waals surface area contributed by atoms with Crippen molar-refractivity contribution in [3.63, 3.8) is 0 Å². The maximum absolute atomic E-state index is 12.1. The molecule has 2 aromatic carbocycles. The van der Waals surface area contributed by atoms with Gasteiger partial charge in [-0.1, -0.05) is 43.3 Å². The summed E-state index contributed by atoms with van der Waals surface area (Å²) in [5, 5.41) is 4.62. The van der Waals surface area contributed by atoms with E-state index in [-0.39, 0.29) is 17.0 Å². The van der Waals surface area contributed by atoms with Crippen molar-refractivity contribution in [2.75, 3.05) is 20.2 Å². The number of ether oxygens (including phenoxy) is 2. The standard InChI is InChI=1S/C36H46N2O4/c1-6-36(41-22-30-32(37-42-33(30)27-11-12-27)31-24(2)8-7-9-25(31)3)17-15-35(4,16-18-36)23-38-19-14-26-10-13-28(34(39)40-5)20-29(26)21-38/h7-10,13,20,27H,6,11-12,14-19,21-23H2,1-5H3. The van der Waals surface area contributed by atoms with Crippen LogP contribution in [0.5, 0.6) is 0 Å². The highest BCUT2D eigenvalue weighted by Crippen LogP contribution is 2.48. The summed E-state index contributed by atoms with van der Waals surface area (Å²) in [5.41, 5.74) is 9.17. The fourth-order valence-corrected chi connectivity index (χ4v) is 7.34. The van der Waals surface area contributed by atoms with Gasteiger partial charge in [-0.25, -0.2) is 4.79 Å². The first-order valence-corrected chi connectivity index (χ1v) is 15.8. The molecule has 1 aliphatic heterocycles. The van der Waals surface area contributed by atoms with Gasteiger partial charge in [0.2, 0.25) is 0 Å². The molecule has 0 amide bonds. The highest BCUT2D eigenvalue weighted by Gasteiger charge is 2.42. The minimum absolute atomic E-state index is 0.112. The van der Waals surface area contributed by atoms with Crippen molar-refractivity contribution in [1.29, 1.82) is 0 Å². The van der Waals surface area contributed by atoms with Gasteiger partial charge in [0.05, 0.1) is 24.9 Å². The van der Waals surface area contributed by atoms with Crippen molar-refractivity contribution >= 4 is 5.97 Å². The number of methoxy groups -OCH3 is 1. The highest BCUT2D eigenvalue weighted by atomic mass is 16.5. The number of fused-ring (bicyclic) bond motifs is 1. The summed E-state index contributed by atoms with van der Waals surface area (Å²) in [5.74, 6) is 1.27. The summed E-state index contributed by atoms with van der Waals surface area (Å²) < 4.78 is 17.9. The molecule has 42 heavy (non-hydrogen) atoms. The predicted octanol–water partition coefficient (Wildman–Crippen LogP) is 7.93. The Kier molecular flexibility index (Phi) is 8.05. The van der Waals surface area contributed by atoms with Crippen LogP contribution in [-0.2, 0) is 29.0 Å². The number of carbonyl (C=O) groups excluding carboxylic acids is 1. The average molecular weight is 571 g/mol. The molecular formula is C36H46N2O4. The summed E-state index contributed by atoms with van der Waals surface area (Å²) in [6.07, 6.45) is 8.83. The topological polar surface area (TPSA) is 64.8 Å². The predicted molar refractivity (Wildman–Crippen MR) is 165 cm³/mol. The van der Waals surface area contributed by atoms with Crippen LogP contribution in [0.2, 0.25) is 0 Å². The first kappa shape index (κ1) is 29.1. The Morgan fingerprint density at radius 1 is 1.07 bits per heavy atom. The van der Waals surface area contributed by atoms with E-state index in [1.54, 1.807) is 0 Å². The second kappa shape index (κ2) is 11.6. The van der Waals surface area contributed by atoms with Crippen molar-refractivity contribution in [2.24, 2.45) is 5.41 Å². The van der Waals surface area contributed by atoms with Gasteiger partial charge in [-0.2, -0.15) is 0 Å². The number of aryl methyl sites for hydroxylation is 2. The number of carbonyl (C=O) groups is 1. The lowest BCUT2D eigenvalue weighted by molar-refractivity contribution is -0.105. The molecule has 2 heterocycles. The van der Waals surface area contributed by atoms with Gasteiger partial charge in [-0.05, 0) is 105 Å². The summed E-state index contributed by atoms with van der Waals surface area (Å²) in [7, 11) is 1.44. The third-order valence-electron chi connectivity index (χ3n) is 10.3. The van der Waals surface area contributed by atoms with E-state index >= 15 is 0 Å². The summed E-state index contributed by atoms with van der Waals surface area (Å²) in [4.78, 5) is 14.7. The van der Waals surface area contributed by atoms with Gasteiger partial charge < -0.3 is 14.0 Å². The lowest BCUT2D eigenvalue weighted by Gasteiger charge is -2.47. The van der Waals surface area contributed by atoms with E-state index in [1.807, 2.05) is 12.1 Å². The van der Waals surface area contributed by atoms with Gasteiger partial charge in [0.15, 0.2) is 0 Å². The molecule has 0 saturated heterocycles. The second-order valence-electron chi connectivity index (χ2n) is 13.5. The third-order valence-corrected chi connectivity index (χ3v) is 10.3. The van der Waals surface area contributed by atoms with Crippen LogP contribution in [-0.4, -0.2) is 41.8 Å². The third kappa shape index (κ3) is 5.80. The first-order valence-electron chi connectivity index (χ1n) is 15.8. The van der Waals surface area contributed by atoms with Crippen LogP contribution in [0.1, 0.15) is 109 Å². The van der Waals surface area contributed by atoms with Crippen molar-refractivity contribution < 1.29 is 18.8 Å². The molecule has 3 aromatic rings. The number of benzene rings is 2. The van der Waals surface area contributed by atoms with Crippen molar-refractivity contribution in [3.8, 4) is 11.3 Å². The Hall–Kier alpha value is -2.96. The molecule has 0 unspecified atom stereocenters. The van der Waals surface area contributed by atoms with Crippen LogP contribution in [0.15, 0.2) is 40.9 Å². The first-order chi connectivity index (χ1) is 20.2. The summed E-state index contributed by atoms with van der Waals surface area (Å²) in [6, 6.07) is 12.5. The van der Waals surface area contributed by atoms with Gasteiger partial charge >= 0.3 is 5.97 Å². The van der Waals surface area contributed by atoms with Crippen LogP contribution < -0.4 is 0 Å². The largest absolute Gasteiger partial charge is 0.465 e. The van der Waals surface area contributed by atoms with Crippen LogP contribution in [0.25, 0.3) is 11.3 Å². The Morgan fingerprint density at radius 3 is 2.48 bits per heavy atom. The molecule has 224 valence electrons. The van der Waals surface area contributed by atoms with E-state index in [2.05, 4.69) is 62.0 Å². The smallest absolute Gasteiger partial charge is 0.337 e. The number of aromatic nitrogens is 1. The highest BCUT2D eigenvalue weighted by molar-refractivity contribution is 5.89. The zero-order valence-corrected chi connectivity index (χ0v) is 26.1. The maximum atomic E-state index is 12.1. The molecule has 6 nitrogen and oxygen atoms in total. The zero-order valence-electron chi connectivity index (χ0n) is 26.1. The van der Waals surface area contributed by atoms with E-state index in [9.17, 15) is 4.79 Å². The van der Waals surface area contributed by atoms with Crippen molar-refractivity contribution in [2.45, 2.75) is 104 Å². The molecule has 1 aromatic heterocycles. The van der Waals surface area contributed by atoms with Crippen LogP contribution in [0, 0.1) is 19.3 Å². The molecule has 2 fully saturated rings. The lowest BCUT2D eigenvalue weighted by atomic mass is 9.68. The number of rotatable bonds is 9. The Labute approximate surface area is 250 Å². The quantitative estimate of drug-likeness (QED) is 0.244. The van der Waals surface area contributed by atoms with Crippen molar-refractivity contribution in [1.82, 2.24) is 10.1 Å². The van der Waals surface area contributed by atoms with E-state index in [0.717, 1.165) is 75.2 Å². The van der Waals surface area contributed by atoms with E-state index in [1.165, 1.54) is 47.8 Å². The molecular weight excluding hydrogens is 524 g/mol.